The van der Waals surface area contributed by atoms with Gasteiger partial charge in [0, 0.05) is 31.5 Å². The van der Waals surface area contributed by atoms with Crippen molar-refractivity contribution < 1.29 is 9.53 Å². The number of carbonyl (C=O) groups is 1. The lowest BCUT2D eigenvalue weighted by molar-refractivity contribution is 0.0647. The molecule has 1 aliphatic heterocycles. The maximum atomic E-state index is 12.2. The third-order valence-corrected chi connectivity index (χ3v) is 4.22. The zero-order valence-corrected chi connectivity index (χ0v) is 13.0. The van der Waals surface area contributed by atoms with Crippen LogP contribution in [0.25, 0.3) is 5.65 Å². The molecule has 0 aromatic carbocycles. The second-order valence-corrected chi connectivity index (χ2v) is 5.78. The van der Waals surface area contributed by atoms with Gasteiger partial charge in [-0.1, -0.05) is 0 Å². The molecule has 0 spiro atoms. The zero-order chi connectivity index (χ0) is 16.4. The molecule has 0 atom stereocenters. The molecule has 9 heteroatoms. The van der Waals surface area contributed by atoms with Gasteiger partial charge in [-0.25, -0.2) is 14.5 Å². The molecule has 1 N–H and O–H groups in total. The van der Waals surface area contributed by atoms with Crippen LogP contribution in [0, 0.1) is 5.92 Å². The molecule has 124 valence electrons. The summed E-state index contributed by atoms with van der Waals surface area (Å²) in [6.07, 6.45) is 6.63. The molecule has 0 radical (unpaired) electrons. The molecule has 0 bridgehead atoms. The fourth-order valence-electron chi connectivity index (χ4n) is 2.84. The first-order chi connectivity index (χ1) is 11.8. The van der Waals surface area contributed by atoms with E-state index < -0.39 is 0 Å². The minimum absolute atomic E-state index is 0.0981. The van der Waals surface area contributed by atoms with E-state index in [2.05, 4.69) is 25.3 Å². The Bertz CT molecular complexity index is 821. The van der Waals surface area contributed by atoms with Crippen molar-refractivity contribution in [3.05, 3.63) is 36.7 Å². The molecule has 1 aliphatic rings. The number of aromatic amines is 1. The second-order valence-electron chi connectivity index (χ2n) is 5.78. The molecule has 24 heavy (non-hydrogen) atoms. The first-order valence-corrected chi connectivity index (χ1v) is 7.87. The highest BCUT2D eigenvalue weighted by atomic mass is 16.5. The monoisotopic (exact) mass is 327 g/mol. The fraction of sp³-hybridized carbons (Fsp3) is 0.400. The normalized spacial score (nSPS) is 15.8. The van der Waals surface area contributed by atoms with Gasteiger partial charge >= 0.3 is 0 Å². The number of ether oxygens (including phenoxy) is 1. The first kappa shape index (κ1) is 14.6. The van der Waals surface area contributed by atoms with Crippen LogP contribution in [0.4, 0.5) is 0 Å². The van der Waals surface area contributed by atoms with Crippen LogP contribution in [-0.2, 0) is 0 Å². The molecule has 0 unspecified atom stereocenters. The van der Waals surface area contributed by atoms with Gasteiger partial charge in [0.25, 0.3) is 5.91 Å². The standard InChI is InChI=1S/C15H17N7O2/c23-15(14-17-10-18-19-14)21-6-3-11(4-7-21)9-24-13-2-1-12-16-5-8-22(12)20-13/h1-2,5,8,10-11H,3-4,6-7,9H2,(H,17,18,19). The number of rotatable bonds is 4. The molecular weight excluding hydrogens is 310 g/mol. The van der Waals surface area contributed by atoms with Crippen LogP contribution >= 0.6 is 0 Å². The Hall–Kier alpha value is -2.97. The number of hydrogen-bond donors (Lipinski definition) is 1. The number of carbonyl (C=O) groups excluding carboxylic acids is 1. The van der Waals surface area contributed by atoms with Crippen LogP contribution in [-0.4, -0.2) is 60.3 Å². The number of imidazole rings is 1. The van der Waals surface area contributed by atoms with Crippen LogP contribution in [0.3, 0.4) is 0 Å². The largest absolute Gasteiger partial charge is 0.476 e. The number of nitrogens with zero attached hydrogens (tertiary/aromatic N) is 6. The van der Waals surface area contributed by atoms with E-state index in [1.807, 2.05) is 12.1 Å². The Morgan fingerprint density at radius 2 is 2.17 bits per heavy atom. The van der Waals surface area contributed by atoms with Crippen LogP contribution in [0.5, 0.6) is 5.88 Å². The van der Waals surface area contributed by atoms with Crippen molar-refractivity contribution >= 4 is 11.6 Å². The van der Waals surface area contributed by atoms with Crippen molar-refractivity contribution in [3.63, 3.8) is 0 Å². The summed E-state index contributed by atoms with van der Waals surface area (Å²) in [4.78, 5) is 22.0. The molecule has 0 aliphatic carbocycles. The van der Waals surface area contributed by atoms with E-state index in [0.29, 0.717) is 37.3 Å². The van der Waals surface area contributed by atoms with Crippen molar-refractivity contribution in [2.75, 3.05) is 19.7 Å². The summed E-state index contributed by atoms with van der Waals surface area (Å²) in [5.74, 6) is 1.19. The van der Waals surface area contributed by atoms with Crippen molar-refractivity contribution in [2.24, 2.45) is 5.92 Å². The SMILES string of the molecule is O=C(c1ncn[nH]1)N1CCC(COc2ccc3nccn3n2)CC1. The van der Waals surface area contributed by atoms with E-state index in [4.69, 9.17) is 4.74 Å². The van der Waals surface area contributed by atoms with Crippen LogP contribution in [0.2, 0.25) is 0 Å². The number of piperidine rings is 1. The highest BCUT2D eigenvalue weighted by molar-refractivity contribution is 5.90. The Labute approximate surface area is 137 Å². The Kier molecular flexibility index (Phi) is 3.81. The third kappa shape index (κ3) is 2.92. The zero-order valence-electron chi connectivity index (χ0n) is 13.0. The summed E-state index contributed by atoms with van der Waals surface area (Å²) < 4.78 is 7.49. The van der Waals surface area contributed by atoms with Gasteiger partial charge in [-0.15, -0.1) is 5.10 Å². The highest BCUT2D eigenvalue weighted by Gasteiger charge is 2.25. The van der Waals surface area contributed by atoms with Crippen molar-refractivity contribution in [2.45, 2.75) is 12.8 Å². The van der Waals surface area contributed by atoms with Gasteiger partial charge in [0.05, 0.1) is 6.61 Å². The summed E-state index contributed by atoms with van der Waals surface area (Å²) in [7, 11) is 0. The van der Waals surface area contributed by atoms with E-state index in [-0.39, 0.29) is 5.91 Å². The van der Waals surface area contributed by atoms with Gasteiger partial charge in [-0.3, -0.25) is 9.89 Å². The third-order valence-electron chi connectivity index (χ3n) is 4.22. The number of aromatic nitrogens is 6. The molecule has 3 aromatic rings. The number of amides is 1. The molecule has 1 saturated heterocycles. The molecule has 0 saturated carbocycles. The lowest BCUT2D eigenvalue weighted by Crippen LogP contribution is -2.40. The Morgan fingerprint density at radius 3 is 2.96 bits per heavy atom. The molecule has 9 nitrogen and oxygen atoms in total. The summed E-state index contributed by atoms with van der Waals surface area (Å²) in [5, 5.41) is 10.7. The molecule has 1 amide bonds. The number of fused-ring (bicyclic) bond motifs is 1. The quantitative estimate of drug-likeness (QED) is 0.760. The summed E-state index contributed by atoms with van der Waals surface area (Å²) in [6.45, 7) is 1.99. The minimum atomic E-state index is -0.0981. The van der Waals surface area contributed by atoms with Gasteiger partial charge in [0.2, 0.25) is 11.7 Å². The van der Waals surface area contributed by atoms with Gasteiger partial charge in [0.1, 0.15) is 6.33 Å². The lowest BCUT2D eigenvalue weighted by atomic mass is 9.98. The van der Waals surface area contributed by atoms with Gasteiger partial charge in [-0.2, -0.15) is 5.10 Å². The average molecular weight is 327 g/mol. The first-order valence-electron chi connectivity index (χ1n) is 7.87. The summed E-state index contributed by atoms with van der Waals surface area (Å²) >= 11 is 0. The van der Waals surface area contributed by atoms with Crippen LogP contribution in [0.15, 0.2) is 30.9 Å². The van der Waals surface area contributed by atoms with E-state index in [1.165, 1.54) is 6.33 Å². The van der Waals surface area contributed by atoms with E-state index in [9.17, 15) is 4.79 Å². The maximum absolute atomic E-state index is 12.2. The van der Waals surface area contributed by atoms with Gasteiger partial charge in [0.15, 0.2) is 5.65 Å². The predicted molar refractivity (Wildman–Crippen MR) is 83.5 cm³/mol. The predicted octanol–water partition coefficient (Wildman–Crippen LogP) is 0.779. The van der Waals surface area contributed by atoms with Crippen molar-refractivity contribution in [3.8, 4) is 5.88 Å². The fourth-order valence-corrected chi connectivity index (χ4v) is 2.84. The number of nitrogens with one attached hydrogen (secondary N) is 1. The minimum Gasteiger partial charge on any atom is -0.476 e. The lowest BCUT2D eigenvalue weighted by Gasteiger charge is -2.31. The Balaban J connectivity index is 1.29. The number of likely N-dealkylation sites (tertiary alicyclic amines) is 1. The van der Waals surface area contributed by atoms with E-state index in [0.717, 1.165) is 18.5 Å². The average Bonchev–Trinajstić information content (AvgIpc) is 3.31. The topological polar surface area (TPSA) is 101 Å². The van der Waals surface area contributed by atoms with Crippen LogP contribution < -0.4 is 4.74 Å². The number of hydrogen-bond acceptors (Lipinski definition) is 6. The molecule has 4 heterocycles. The molecule has 1 fully saturated rings. The summed E-state index contributed by atoms with van der Waals surface area (Å²) in [5.41, 5.74) is 0.793. The van der Waals surface area contributed by atoms with Crippen molar-refractivity contribution in [1.82, 2.24) is 34.7 Å². The molecule has 4 rings (SSSR count). The van der Waals surface area contributed by atoms with Gasteiger partial charge < -0.3 is 9.64 Å². The second kappa shape index (κ2) is 6.26. The smallest absolute Gasteiger partial charge is 0.291 e. The number of H-pyrrole nitrogens is 1. The van der Waals surface area contributed by atoms with E-state index >= 15 is 0 Å². The van der Waals surface area contributed by atoms with Gasteiger partial charge in [-0.05, 0) is 24.8 Å². The molecular formula is C15H17N7O2. The van der Waals surface area contributed by atoms with Crippen molar-refractivity contribution in [1.29, 1.82) is 0 Å². The van der Waals surface area contributed by atoms with E-state index in [1.54, 1.807) is 21.8 Å². The maximum Gasteiger partial charge on any atom is 0.291 e. The summed E-state index contributed by atoms with van der Waals surface area (Å²) in [6, 6.07) is 3.70. The highest BCUT2D eigenvalue weighted by Crippen LogP contribution is 2.19. The Morgan fingerprint density at radius 1 is 1.29 bits per heavy atom. The van der Waals surface area contributed by atoms with Crippen LogP contribution in [0.1, 0.15) is 23.5 Å². The molecule has 3 aromatic heterocycles.